The summed E-state index contributed by atoms with van der Waals surface area (Å²) >= 11 is 3.34. The summed E-state index contributed by atoms with van der Waals surface area (Å²) in [4.78, 5) is 37.4. The molecule has 0 bridgehead atoms. The smallest absolute Gasteiger partial charge is 0.310 e. The van der Waals surface area contributed by atoms with Gasteiger partial charge in [-0.1, -0.05) is 40.2 Å². The van der Waals surface area contributed by atoms with E-state index in [0.717, 1.165) is 10.0 Å². The van der Waals surface area contributed by atoms with E-state index in [9.17, 15) is 14.4 Å². The fourth-order valence-electron chi connectivity index (χ4n) is 2.67. The lowest BCUT2D eigenvalue weighted by Gasteiger charge is -2.13. The molecule has 2 amide bonds. The molecule has 0 radical (unpaired) electrons. The van der Waals surface area contributed by atoms with E-state index in [4.69, 9.17) is 4.74 Å². The number of amides is 2. The largest absolute Gasteiger partial charge is 0.465 e. The van der Waals surface area contributed by atoms with Gasteiger partial charge in [0, 0.05) is 11.0 Å². The fourth-order valence-corrected chi connectivity index (χ4v) is 2.94. The van der Waals surface area contributed by atoms with Gasteiger partial charge in [-0.3, -0.25) is 19.3 Å². The van der Waals surface area contributed by atoms with Gasteiger partial charge in [-0.2, -0.15) is 0 Å². The normalized spacial score (nSPS) is 13.1. The predicted octanol–water partition coefficient (Wildman–Crippen LogP) is 3.22. The molecular formula is C19H16BrNO4. The zero-order valence-electron chi connectivity index (χ0n) is 13.4. The number of carbonyl (C=O) groups is 3. The first-order valence-corrected chi connectivity index (χ1v) is 8.71. The van der Waals surface area contributed by atoms with Gasteiger partial charge in [-0.25, -0.2) is 0 Å². The molecular weight excluding hydrogens is 386 g/mol. The van der Waals surface area contributed by atoms with Crippen LogP contribution in [0.25, 0.3) is 0 Å². The molecule has 1 heterocycles. The number of benzene rings is 2. The summed E-state index contributed by atoms with van der Waals surface area (Å²) in [5, 5.41) is 0. The Balaban J connectivity index is 1.45. The Morgan fingerprint density at radius 2 is 1.56 bits per heavy atom. The number of hydrogen-bond acceptors (Lipinski definition) is 4. The van der Waals surface area contributed by atoms with Crippen molar-refractivity contribution in [2.75, 3.05) is 13.2 Å². The van der Waals surface area contributed by atoms with Crippen LogP contribution in [0, 0.1) is 0 Å². The van der Waals surface area contributed by atoms with Crippen molar-refractivity contribution in [1.82, 2.24) is 4.90 Å². The van der Waals surface area contributed by atoms with Crippen LogP contribution in [0.15, 0.2) is 53.0 Å². The summed E-state index contributed by atoms with van der Waals surface area (Å²) < 4.78 is 6.13. The molecule has 0 saturated heterocycles. The number of imide groups is 1. The summed E-state index contributed by atoms with van der Waals surface area (Å²) in [6.45, 7) is 0.403. The van der Waals surface area contributed by atoms with Crippen LogP contribution in [0.2, 0.25) is 0 Å². The molecule has 1 aliphatic heterocycles. The van der Waals surface area contributed by atoms with E-state index in [1.165, 1.54) is 4.90 Å². The van der Waals surface area contributed by atoms with Crippen LogP contribution in [-0.2, 0) is 16.0 Å². The number of esters is 1. The van der Waals surface area contributed by atoms with E-state index in [1.807, 2.05) is 24.3 Å². The maximum Gasteiger partial charge on any atom is 0.310 e. The highest BCUT2D eigenvalue weighted by Gasteiger charge is 2.34. The molecule has 3 rings (SSSR count). The first-order chi connectivity index (χ1) is 12.1. The summed E-state index contributed by atoms with van der Waals surface area (Å²) in [5.74, 6) is -0.909. The quantitative estimate of drug-likeness (QED) is 0.423. The van der Waals surface area contributed by atoms with Crippen LogP contribution in [0.5, 0.6) is 0 Å². The molecule has 0 atom stereocenters. The van der Waals surface area contributed by atoms with Crippen molar-refractivity contribution in [1.29, 1.82) is 0 Å². The molecule has 0 unspecified atom stereocenters. The maximum atomic E-state index is 12.2. The minimum atomic E-state index is -0.329. The van der Waals surface area contributed by atoms with Gasteiger partial charge in [0.25, 0.3) is 11.8 Å². The third-order valence-electron chi connectivity index (χ3n) is 3.93. The molecule has 6 heteroatoms. The highest BCUT2D eigenvalue weighted by Crippen LogP contribution is 2.22. The molecule has 0 aliphatic carbocycles. The minimum Gasteiger partial charge on any atom is -0.465 e. The zero-order valence-corrected chi connectivity index (χ0v) is 15.0. The van der Waals surface area contributed by atoms with Crippen LogP contribution in [-0.4, -0.2) is 35.8 Å². The second-order valence-electron chi connectivity index (χ2n) is 5.68. The summed E-state index contributed by atoms with van der Waals surface area (Å²) in [5.41, 5.74) is 1.73. The Kier molecular flexibility index (Phi) is 5.28. The number of fused-ring (bicyclic) bond motifs is 1. The Bertz CT molecular complexity index is 781. The van der Waals surface area contributed by atoms with E-state index in [2.05, 4.69) is 15.9 Å². The number of halogens is 1. The van der Waals surface area contributed by atoms with E-state index < -0.39 is 0 Å². The van der Waals surface area contributed by atoms with Gasteiger partial charge < -0.3 is 4.74 Å². The number of hydrogen-bond donors (Lipinski definition) is 0. The van der Waals surface area contributed by atoms with E-state index in [-0.39, 0.29) is 37.4 Å². The lowest BCUT2D eigenvalue weighted by atomic mass is 10.1. The second kappa shape index (κ2) is 7.61. The van der Waals surface area contributed by atoms with Gasteiger partial charge in [0.15, 0.2) is 0 Å². The molecule has 25 heavy (non-hydrogen) atoms. The molecule has 0 saturated carbocycles. The lowest BCUT2D eigenvalue weighted by Crippen LogP contribution is -2.31. The molecule has 5 nitrogen and oxygen atoms in total. The van der Waals surface area contributed by atoms with Gasteiger partial charge in [0.2, 0.25) is 0 Å². The second-order valence-corrected chi connectivity index (χ2v) is 6.60. The van der Waals surface area contributed by atoms with Crippen molar-refractivity contribution < 1.29 is 19.1 Å². The SMILES string of the molecule is O=C(Cc1ccc(Br)cc1)OCCCN1C(=O)c2ccccc2C1=O. The van der Waals surface area contributed by atoms with Crippen molar-refractivity contribution in [3.63, 3.8) is 0 Å². The average molecular weight is 402 g/mol. The van der Waals surface area contributed by atoms with E-state index >= 15 is 0 Å². The molecule has 0 aromatic heterocycles. The predicted molar refractivity (Wildman–Crippen MR) is 95.2 cm³/mol. The summed E-state index contributed by atoms with van der Waals surface area (Å²) in [6.07, 6.45) is 0.609. The average Bonchev–Trinajstić information content (AvgIpc) is 2.86. The Morgan fingerprint density at radius 1 is 0.960 bits per heavy atom. The van der Waals surface area contributed by atoms with Crippen molar-refractivity contribution in [2.45, 2.75) is 12.8 Å². The highest BCUT2D eigenvalue weighted by molar-refractivity contribution is 9.10. The van der Waals surface area contributed by atoms with E-state index in [0.29, 0.717) is 17.5 Å². The summed E-state index contributed by atoms with van der Waals surface area (Å²) in [6, 6.07) is 14.2. The molecule has 1 aliphatic rings. The lowest BCUT2D eigenvalue weighted by molar-refractivity contribution is -0.142. The van der Waals surface area contributed by atoms with Crippen molar-refractivity contribution >= 4 is 33.7 Å². The molecule has 0 spiro atoms. The maximum absolute atomic E-state index is 12.2. The number of rotatable bonds is 6. The first-order valence-electron chi connectivity index (χ1n) is 7.91. The van der Waals surface area contributed by atoms with Crippen LogP contribution in [0.4, 0.5) is 0 Å². The number of ether oxygens (including phenoxy) is 1. The van der Waals surface area contributed by atoms with Gasteiger partial charge >= 0.3 is 5.97 Å². The molecule has 0 N–H and O–H groups in total. The van der Waals surface area contributed by atoms with E-state index in [1.54, 1.807) is 24.3 Å². The molecule has 0 fully saturated rings. The molecule has 128 valence electrons. The van der Waals surface area contributed by atoms with Crippen LogP contribution in [0.3, 0.4) is 0 Å². The fraction of sp³-hybridized carbons (Fsp3) is 0.211. The topological polar surface area (TPSA) is 63.7 Å². The minimum absolute atomic E-state index is 0.169. The summed E-state index contributed by atoms with van der Waals surface area (Å²) in [7, 11) is 0. The van der Waals surface area contributed by atoms with Crippen LogP contribution >= 0.6 is 15.9 Å². The molecule has 2 aromatic rings. The zero-order chi connectivity index (χ0) is 17.8. The van der Waals surface area contributed by atoms with Crippen LogP contribution in [0.1, 0.15) is 32.7 Å². The van der Waals surface area contributed by atoms with Crippen molar-refractivity contribution in [3.05, 3.63) is 69.7 Å². The van der Waals surface area contributed by atoms with Gasteiger partial charge in [-0.05, 0) is 36.2 Å². The number of nitrogens with zero attached hydrogens (tertiary/aromatic N) is 1. The van der Waals surface area contributed by atoms with Gasteiger partial charge in [0.1, 0.15) is 0 Å². The molecule has 2 aromatic carbocycles. The van der Waals surface area contributed by atoms with Crippen molar-refractivity contribution in [3.8, 4) is 0 Å². The monoisotopic (exact) mass is 401 g/mol. The standard InChI is InChI=1S/C19H16BrNO4/c20-14-8-6-13(7-9-14)12-17(22)25-11-3-10-21-18(23)15-4-1-2-5-16(15)19(21)24/h1-2,4-9H,3,10-12H2. The van der Waals surface area contributed by atoms with Crippen molar-refractivity contribution in [2.24, 2.45) is 0 Å². The highest BCUT2D eigenvalue weighted by atomic mass is 79.9. The Labute approximate surface area is 153 Å². The number of carbonyl (C=O) groups excluding carboxylic acids is 3. The Morgan fingerprint density at radius 3 is 2.16 bits per heavy atom. The third-order valence-corrected chi connectivity index (χ3v) is 4.46. The first kappa shape index (κ1) is 17.4. The Hall–Kier alpha value is -2.47. The third kappa shape index (κ3) is 3.96. The van der Waals surface area contributed by atoms with Gasteiger partial charge in [0.05, 0.1) is 24.2 Å². The van der Waals surface area contributed by atoms with Gasteiger partial charge in [-0.15, -0.1) is 0 Å². The van der Waals surface area contributed by atoms with Crippen LogP contribution < -0.4 is 0 Å².